The topological polar surface area (TPSA) is 46.2 Å². The van der Waals surface area contributed by atoms with E-state index in [-0.39, 0.29) is 24.3 Å². The zero-order valence-electron chi connectivity index (χ0n) is 7.89. The number of carbonyl (C=O) groups excluding carboxylic acids is 2. The van der Waals surface area contributed by atoms with Gasteiger partial charge in [0.15, 0.2) is 0 Å². The summed E-state index contributed by atoms with van der Waals surface area (Å²) in [6.45, 7) is 5.71. The highest BCUT2D eigenvalue weighted by Crippen LogP contribution is 2.04. The zero-order chi connectivity index (χ0) is 9.56. The molecule has 3 heteroatoms. The van der Waals surface area contributed by atoms with Gasteiger partial charge in [-0.15, -0.1) is 0 Å². The molecule has 0 amide bonds. The summed E-state index contributed by atoms with van der Waals surface area (Å²) in [5.41, 5.74) is 0. The van der Waals surface area contributed by atoms with E-state index in [2.05, 4.69) is 5.32 Å². The van der Waals surface area contributed by atoms with Crippen LogP contribution in [0, 0.1) is 5.92 Å². The van der Waals surface area contributed by atoms with Crippen molar-refractivity contribution in [2.75, 3.05) is 6.54 Å². The molecule has 0 bridgehead atoms. The fourth-order valence-electron chi connectivity index (χ4n) is 0.848. The van der Waals surface area contributed by atoms with Crippen LogP contribution >= 0.6 is 0 Å². The Kier molecular flexibility index (Phi) is 5.54. The Morgan fingerprint density at radius 3 is 2.50 bits per heavy atom. The first-order valence-corrected chi connectivity index (χ1v) is 4.22. The Labute approximate surface area is 73.5 Å². The average Bonchev–Trinajstić information content (AvgIpc) is 2.04. The molecule has 2 atom stereocenters. The third-order valence-corrected chi connectivity index (χ3v) is 1.91. The van der Waals surface area contributed by atoms with Crippen molar-refractivity contribution in [3.63, 3.8) is 0 Å². The molecule has 0 aromatic carbocycles. The van der Waals surface area contributed by atoms with Crippen LogP contribution < -0.4 is 5.32 Å². The van der Waals surface area contributed by atoms with Crippen molar-refractivity contribution in [3.8, 4) is 0 Å². The quantitative estimate of drug-likeness (QED) is 0.638. The van der Waals surface area contributed by atoms with E-state index in [1.807, 2.05) is 20.1 Å². The molecule has 1 N–H and O–H groups in total. The first kappa shape index (κ1) is 11.3. The van der Waals surface area contributed by atoms with Crippen LogP contribution in [0.2, 0.25) is 0 Å². The molecule has 1 radical (unpaired) electrons. The molecule has 0 spiro atoms. The number of Topliss-reactive ketones (excluding diaryl/α,β-unsaturated/α-hetero) is 1. The molecule has 0 saturated carbocycles. The van der Waals surface area contributed by atoms with Crippen molar-refractivity contribution in [1.29, 1.82) is 0 Å². The van der Waals surface area contributed by atoms with Crippen LogP contribution in [0.15, 0.2) is 0 Å². The second-order valence-corrected chi connectivity index (χ2v) is 3.06. The lowest BCUT2D eigenvalue weighted by Gasteiger charge is -2.16. The van der Waals surface area contributed by atoms with Gasteiger partial charge in [0.25, 0.3) is 0 Å². The van der Waals surface area contributed by atoms with Gasteiger partial charge >= 0.3 is 0 Å². The number of carbonyl (C=O) groups is 1. The van der Waals surface area contributed by atoms with Gasteiger partial charge in [0.05, 0.1) is 12.6 Å². The van der Waals surface area contributed by atoms with E-state index in [9.17, 15) is 9.59 Å². The van der Waals surface area contributed by atoms with Gasteiger partial charge in [-0.1, -0.05) is 20.3 Å². The van der Waals surface area contributed by atoms with E-state index < -0.39 is 0 Å². The lowest BCUT2D eigenvalue weighted by Crippen LogP contribution is -2.38. The van der Waals surface area contributed by atoms with Crippen molar-refractivity contribution in [2.24, 2.45) is 5.92 Å². The Balaban J connectivity index is 3.82. The Bertz CT molecular complexity index is 157. The minimum atomic E-state index is -0.307. The first-order valence-electron chi connectivity index (χ1n) is 4.22. The van der Waals surface area contributed by atoms with Crippen LogP contribution in [0.4, 0.5) is 0 Å². The molecule has 0 aliphatic carbocycles. The molecule has 0 heterocycles. The summed E-state index contributed by atoms with van der Waals surface area (Å²) < 4.78 is 0. The van der Waals surface area contributed by atoms with Crippen molar-refractivity contribution in [3.05, 3.63) is 0 Å². The summed E-state index contributed by atoms with van der Waals surface area (Å²) in [4.78, 5) is 21.0. The minimum absolute atomic E-state index is 0.0403. The number of rotatable bonds is 6. The summed E-state index contributed by atoms with van der Waals surface area (Å²) in [5, 5.41) is 2.85. The molecular weight excluding hydrogens is 154 g/mol. The highest BCUT2D eigenvalue weighted by atomic mass is 16.1. The van der Waals surface area contributed by atoms with Crippen LogP contribution in [0.5, 0.6) is 0 Å². The maximum atomic E-state index is 10.6. The SMILES string of the molecule is CCC(C)C([C]=O)NCC(C)=O. The molecule has 0 fully saturated rings. The van der Waals surface area contributed by atoms with Gasteiger partial charge < -0.3 is 0 Å². The summed E-state index contributed by atoms with van der Waals surface area (Å²) in [7, 11) is 0. The first-order chi connectivity index (χ1) is 5.61. The molecular formula is C9H16NO2. The fourth-order valence-corrected chi connectivity index (χ4v) is 0.848. The zero-order valence-corrected chi connectivity index (χ0v) is 7.89. The molecule has 0 aliphatic rings. The van der Waals surface area contributed by atoms with E-state index in [4.69, 9.17) is 0 Å². The smallest absolute Gasteiger partial charge is 0.217 e. The summed E-state index contributed by atoms with van der Waals surface area (Å²) in [6.07, 6.45) is 2.80. The highest BCUT2D eigenvalue weighted by Gasteiger charge is 2.14. The van der Waals surface area contributed by atoms with Crippen molar-refractivity contribution in [2.45, 2.75) is 33.2 Å². The van der Waals surface area contributed by atoms with Gasteiger partial charge in [-0.2, -0.15) is 0 Å². The van der Waals surface area contributed by atoms with E-state index >= 15 is 0 Å². The minimum Gasteiger partial charge on any atom is -0.300 e. The molecule has 69 valence electrons. The van der Waals surface area contributed by atoms with Crippen molar-refractivity contribution in [1.82, 2.24) is 5.32 Å². The maximum Gasteiger partial charge on any atom is 0.217 e. The van der Waals surface area contributed by atoms with Crippen LogP contribution in [0.25, 0.3) is 0 Å². The summed E-state index contributed by atoms with van der Waals surface area (Å²) in [5.74, 6) is 0.278. The largest absolute Gasteiger partial charge is 0.300 e. The number of ketones is 1. The molecule has 0 aromatic rings. The van der Waals surface area contributed by atoms with Gasteiger partial charge in [-0.25, -0.2) is 0 Å². The van der Waals surface area contributed by atoms with E-state index in [1.165, 1.54) is 6.92 Å². The predicted molar refractivity (Wildman–Crippen MR) is 47.6 cm³/mol. The van der Waals surface area contributed by atoms with Gasteiger partial charge in [-0.05, 0) is 12.8 Å². The normalized spacial score (nSPS) is 15.2. The summed E-state index contributed by atoms with van der Waals surface area (Å²) in [6, 6.07) is -0.307. The third kappa shape index (κ3) is 4.23. The molecule has 0 rings (SSSR count). The molecule has 12 heavy (non-hydrogen) atoms. The molecule has 0 aromatic heterocycles. The fraction of sp³-hybridized carbons (Fsp3) is 0.778. The Morgan fingerprint density at radius 2 is 2.17 bits per heavy atom. The monoisotopic (exact) mass is 170 g/mol. The Hall–Kier alpha value is -0.700. The number of hydrogen-bond acceptors (Lipinski definition) is 3. The molecule has 3 nitrogen and oxygen atoms in total. The standard InChI is InChI=1S/C9H16NO2/c1-4-7(2)9(6-11)10-5-8(3)12/h7,9-10H,4-5H2,1-3H3. The van der Waals surface area contributed by atoms with Crippen molar-refractivity contribution >= 4 is 12.1 Å². The van der Waals surface area contributed by atoms with Gasteiger partial charge in [0.1, 0.15) is 5.78 Å². The molecule has 2 unspecified atom stereocenters. The van der Waals surface area contributed by atoms with E-state index in [1.54, 1.807) is 0 Å². The number of hydrogen-bond donors (Lipinski definition) is 1. The van der Waals surface area contributed by atoms with E-state index in [0.717, 1.165) is 6.42 Å². The number of nitrogens with one attached hydrogen (secondary N) is 1. The average molecular weight is 170 g/mol. The van der Waals surface area contributed by atoms with Crippen LogP contribution in [0.1, 0.15) is 27.2 Å². The lowest BCUT2D eigenvalue weighted by atomic mass is 10.0. The van der Waals surface area contributed by atoms with Crippen molar-refractivity contribution < 1.29 is 9.59 Å². The maximum absolute atomic E-state index is 10.6. The second-order valence-electron chi connectivity index (χ2n) is 3.06. The third-order valence-electron chi connectivity index (χ3n) is 1.91. The van der Waals surface area contributed by atoms with Gasteiger partial charge in [0, 0.05) is 0 Å². The van der Waals surface area contributed by atoms with Crippen LogP contribution in [0.3, 0.4) is 0 Å². The van der Waals surface area contributed by atoms with Gasteiger partial charge in [0.2, 0.25) is 6.29 Å². The van der Waals surface area contributed by atoms with Gasteiger partial charge in [-0.3, -0.25) is 14.9 Å². The van der Waals surface area contributed by atoms with E-state index in [0.29, 0.717) is 0 Å². The lowest BCUT2D eigenvalue weighted by molar-refractivity contribution is -0.116. The predicted octanol–water partition coefficient (Wildman–Crippen LogP) is 0.689. The highest BCUT2D eigenvalue weighted by molar-refractivity contribution is 5.78. The molecule has 0 aliphatic heterocycles. The summed E-state index contributed by atoms with van der Waals surface area (Å²) >= 11 is 0. The molecule has 0 saturated heterocycles. The Morgan fingerprint density at radius 1 is 1.58 bits per heavy atom. The van der Waals surface area contributed by atoms with Crippen LogP contribution in [-0.2, 0) is 9.59 Å². The second kappa shape index (κ2) is 5.89. The van der Waals surface area contributed by atoms with Crippen LogP contribution in [-0.4, -0.2) is 24.7 Å².